The zero-order chi connectivity index (χ0) is 39.6. The van der Waals surface area contributed by atoms with E-state index in [0.29, 0.717) is 71.6 Å². The first-order valence-corrected chi connectivity index (χ1v) is 20.1. The van der Waals surface area contributed by atoms with Crippen LogP contribution in [0.5, 0.6) is 17.6 Å². The summed E-state index contributed by atoms with van der Waals surface area (Å²) >= 11 is 0. The van der Waals surface area contributed by atoms with Gasteiger partial charge in [-0.2, -0.15) is 9.97 Å². The highest BCUT2D eigenvalue weighted by Gasteiger charge is 2.52. The Balaban J connectivity index is 1.18. The molecule has 3 atom stereocenters. The molecule has 304 valence electrons. The number of aromatic nitrogens is 3. The molecule has 57 heavy (non-hydrogen) atoms. The SMILES string of the molecule is CCc1c(F)ccc2cc(OCOC)cc(-c3nc4c5c(nc(OCC6(CN7CCOCC7)CC6)nc5c3F)N3CC5CCC(C3CO4)N5C(=O)OC(C)(C)C)c12. The molecule has 2 bridgehead atoms. The largest absolute Gasteiger partial charge is 0.475 e. The van der Waals surface area contributed by atoms with Gasteiger partial charge in [-0.1, -0.05) is 13.0 Å². The van der Waals surface area contributed by atoms with Gasteiger partial charge in [-0.3, -0.25) is 9.80 Å². The van der Waals surface area contributed by atoms with Gasteiger partial charge in [0.15, 0.2) is 12.6 Å². The second-order valence-corrected chi connectivity index (χ2v) is 17.0. The summed E-state index contributed by atoms with van der Waals surface area (Å²) in [5.41, 5.74) is -0.0408. The molecule has 2 aromatic carbocycles. The monoisotopic (exact) mass is 788 g/mol. The van der Waals surface area contributed by atoms with Crippen LogP contribution in [0.1, 0.15) is 58.9 Å². The van der Waals surface area contributed by atoms with Gasteiger partial charge in [0.1, 0.15) is 46.2 Å². The fourth-order valence-electron chi connectivity index (χ4n) is 9.11. The maximum Gasteiger partial charge on any atom is 0.410 e. The van der Waals surface area contributed by atoms with E-state index in [1.807, 2.05) is 32.6 Å². The topological polar surface area (TPSA) is 121 Å². The van der Waals surface area contributed by atoms with Crippen molar-refractivity contribution in [2.24, 2.45) is 5.41 Å². The summed E-state index contributed by atoms with van der Waals surface area (Å²) in [7, 11) is 1.51. The van der Waals surface area contributed by atoms with Crippen molar-refractivity contribution in [3.63, 3.8) is 0 Å². The Labute approximate surface area is 330 Å². The molecule has 3 unspecified atom stereocenters. The number of rotatable bonds is 10. The van der Waals surface area contributed by atoms with Crippen molar-refractivity contribution in [1.82, 2.24) is 24.8 Å². The maximum absolute atomic E-state index is 17.6. The highest BCUT2D eigenvalue weighted by atomic mass is 19.1. The van der Waals surface area contributed by atoms with E-state index in [1.165, 1.54) is 13.2 Å². The number of aryl methyl sites for hydroxylation is 1. The fourth-order valence-corrected chi connectivity index (χ4v) is 9.11. The quantitative estimate of drug-likeness (QED) is 0.163. The summed E-state index contributed by atoms with van der Waals surface area (Å²) in [4.78, 5) is 34.7. The summed E-state index contributed by atoms with van der Waals surface area (Å²) in [6, 6.07) is 5.81. The van der Waals surface area contributed by atoms with Gasteiger partial charge in [0, 0.05) is 44.3 Å². The van der Waals surface area contributed by atoms with Gasteiger partial charge < -0.3 is 33.3 Å². The lowest BCUT2D eigenvalue weighted by Gasteiger charge is -2.46. The normalized spacial score (nSPS) is 22.6. The van der Waals surface area contributed by atoms with E-state index < -0.39 is 17.2 Å². The molecule has 4 fully saturated rings. The third kappa shape index (κ3) is 7.05. The minimum Gasteiger partial charge on any atom is -0.475 e. The standard InChI is InChI=1S/C42H50F2N6O7/c1-6-27-29(43)9-7-24-17-26(56-23-52-5)18-28(32(24)27)35-34(44)36-33-37(47-39(46-36)55-22-42(11-12-42)21-48-13-15-53-16-14-48)49-19-25-8-10-30(31(49)20-54-38(33)45-35)50(25)40(51)57-41(2,3)4/h7,9,17-18,25,30-31H,6,8,10-16,19-23H2,1-5H3. The third-order valence-corrected chi connectivity index (χ3v) is 12.0. The van der Waals surface area contributed by atoms with E-state index >= 15 is 8.78 Å². The van der Waals surface area contributed by atoms with Crippen LogP contribution in [-0.2, 0) is 20.6 Å². The van der Waals surface area contributed by atoms with Crippen molar-refractivity contribution in [2.75, 3.05) is 71.4 Å². The number of methoxy groups -OCH3 is 1. The van der Waals surface area contributed by atoms with Crippen molar-refractivity contribution in [3.8, 4) is 28.9 Å². The molecular weight excluding hydrogens is 738 g/mol. The van der Waals surface area contributed by atoms with Crippen LogP contribution in [0.15, 0.2) is 24.3 Å². The average Bonchev–Trinajstić information content (AvgIpc) is 3.90. The number of hydrogen-bond acceptors (Lipinski definition) is 12. The van der Waals surface area contributed by atoms with Crippen LogP contribution in [0.25, 0.3) is 32.9 Å². The van der Waals surface area contributed by atoms with Gasteiger partial charge in [0.05, 0.1) is 37.9 Å². The van der Waals surface area contributed by atoms with Crippen LogP contribution in [0.2, 0.25) is 0 Å². The van der Waals surface area contributed by atoms with Gasteiger partial charge in [-0.25, -0.2) is 18.6 Å². The van der Waals surface area contributed by atoms with Crippen molar-refractivity contribution >= 4 is 33.6 Å². The van der Waals surface area contributed by atoms with Crippen molar-refractivity contribution in [2.45, 2.75) is 83.5 Å². The van der Waals surface area contributed by atoms with Crippen molar-refractivity contribution in [3.05, 3.63) is 41.5 Å². The summed E-state index contributed by atoms with van der Waals surface area (Å²) in [6.07, 6.45) is 3.53. The number of anilines is 1. The van der Waals surface area contributed by atoms with E-state index in [0.717, 1.165) is 45.3 Å². The second-order valence-electron chi connectivity index (χ2n) is 17.0. The van der Waals surface area contributed by atoms with Gasteiger partial charge >= 0.3 is 12.1 Å². The Morgan fingerprint density at radius 2 is 1.82 bits per heavy atom. The molecule has 6 heterocycles. The summed E-state index contributed by atoms with van der Waals surface area (Å²) < 4.78 is 68.6. The van der Waals surface area contributed by atoms with Crippen molar-refractivity contribution < 1.29 is 42.0 Å². The summed E-state index contributed by atoms with van der Waals surface area (Å²) in [5, 5.41) is 1.49. The van der Waals surface area contributed by atoms with E-state index in [9.17, 15) is 4.79 Å². The Hall–Kier alpha value is -4.60. The van der Waals surface area contributed by atoms with E-state index in [4.69, 9.17) is 43.4 Å². The molecule has 2 aromatic heterocycles. The number of halogens is 2. The van der Waals surface area contributed by atoms with Crippen LogP contribution in [-0.4, -0.2) is 121 Å². The third-order valence-electron chi connectivity index (χ3n) is 12.0. The molecule has 5 aliphatic rings. The lowest BCUT2D eigenvalue weighted by atomic mass is 9.94. The van der Waals surface area contributed by atoms with Crippen LogP contribution in [0.4, 0.5) is 19.4 Å². The predicted molar refractivity (Wildman–Crippen MR) is 208 cm³/mol. The average molecular weight is 789 g/mol. The molecule has 0 radical (unpaired) electrons. The van der Waals surface area contributed by atoms with E-state index in [2.05, 4.69) is 9.80 Å². The van der Waals surface area contributed by atoms with Crippen LogP contribution >= 0.6 is 0 Å². The van der Waals surface area contributed by atoms with Gasteiger partial charge in [-0.05, 0) is 87.4 Å². The molecule has 1 amide bonds. The highest BCUT2D eigenvalue weighted by Crippen LogP contribution is 2.49. The minimum absolute atomic E-state index is 0.0126. The smallest absolute Gasteiger partial charge is 0.410 e. The zero-order valence-corrected chi connectivity index (χ0v) is 33.2. The summed E-state index contributed by atoms with van der Waals surface area (Å²) in [5.74, 6) is -0.120. The number of amides is 1. The van der Waals surface area contributed by atoms with Gasteiger partial charge in [-0.15, -0.1) is 0 Å². The van der Waals surface area contributed by atoms with Gasteiger partial charge in [0.25, 0.3) is 0 Å². The number of ether oxygens (including phenoxy) is 6. The first-order chi connectivity index (χ1) is 27.5. The number of carbonyl (C=O) groups is 1. The molecular formula is C42H50F2N6O7. The first-order valence-electron chi connectivity index (χ1n) is 20.1. The highest BCUT2D eigenvalue weighted by molar-refractivity contribution is 6.03. The lowest BCUT2D eigenvalue weighted by Crippen LogP contribution is -2.63. The van der Waals surface area contributed by atoms with Crippen LogP contribution in [0.3, 0.4) is 0 Å². The number of nitrogens with zero attached hydrogens (tertiary/aromatic N) is 6. The second kappa shape index (κ2) is 14.7. The number of pyridine rings is 1. The number of morpholine rings is 1. The number of piperazine rings is 1. The minimum atomic E-state index is -0.717. The Morgan fingerprint density at radius 3 is 2.56 bits per heavy atom. The molecule has 9 rings (SSSR count). The van der Waals surface area contributed by atoms with Gasteiger partial charge in [0.2, 0.25) is 5.88 Å². The van der Waals surface area contributed by atoms with Crippen LogP contribution in [0, 0.1) is 17.0 Å². The maximum atomic E-state index is 17.6. The van der Waals surface area contributed by atoms with E-state index in [-0.39, 0.29) is 66.1 Å². The molecule has 1 aliphatic carbocycles. The number of benzene rings is 2. The molecule has 3 saturated heterocycles. The molecule has 15 heteroatoms. The first kappa shape index (κ1) is 37.9. The van der Waals surface area contributed by atoms with E-state index in [1.54, 1.807) is 18.2 Å². The number of carbonyl (C=O) groups excluding carboxylic acids is 1. The zero-order valence-electron chi connectivity index (χ0n) is 33.2. The molecule has 0 N–H and O–H groups in total. The van der Waals surface area contributed by atoms with Crippen molar-refractivity contribution in [1.29, 1.82) is 0 Å². The Bertz CT molecular complexity index is 2210. The Kier molecular flexibility index (Phi) is 9.75. The molecule has 4 aliphatic heterocycles. The van der Waals surface area contributed by atoms with Crippen LogP contribution < -0.4 is 19.1 Å². The number of fused-ring (bicyclic) bond motifs is 6. The summed E-state index contributed by atoms with van der Waals surface area (Å²) in [6.45, 7) is 12.4. The molecule has 13 nitrogen and oxygen atoms in total. The number of hydrogen-bond donors (Lipinski definition) is 0. The lowest BCUT2D eigenvalue weighted by molar-refractivity contribution is 0.00537. The fraction of sp³-hybridized carbons (Fsp3) is 0.571. The molecule has 0 spiro atoms. The Morgan fingerprint density at radius 1 is 1.02 bits per heavy atom. The molecule has 1 saturated carbocycles. The predicted octanol–water partition coefficient (Wildman–Crippen LogP) is 6.51. The molecule has 4 aromatic rings.